The van der Waals surface area contributed by atoms with E-state index in [9.17, 15) is 0 Å². The fourth-order valence-corrected chi connectivity index (χ4v) is 3.28. The molecule has 0 unspecified atom stereocenters. The Morgan fingerprint density at radius 2 is 1.74 bits per heavy atom. The Labute approximate surface area is 116 Å². The lowest BCUT2D eigenvalue weighted by atomic mass is 9.96. The number of benzene rings is 1. The molecule has 0 saturated carbocycles. The molecular weight excluding hydrogens is 236 g/mol. The standard InChI is InChI=1S/C16H26N2O/c1-12-7-6-8-13(9-17)14(12)18-10-15(2,3)19-16(4,5)11-18/h6-8H,9-11,17H2,1-5H3. The minimum Gasteiger partial charge on any atom is -0.366 e. The van der Waals surface area contributed by atoms with E-state index < -0.39 is 0 Å². The second-order valence-electron chi connectivity index (χ2n) is 6.76. The molecule has 0 atom stereocenters. The minimum absolute atomic E-state index is 0.143. The van der Waals surface area contributed by atoms with Gasteiger partial charge in [0.1, 0.15) is 0 Å². The molecule has 1 aliphatic rings. The molecule has 1 heterocycles. The topological polar surface area (TPSA) is 38.5 Å². The third-order valence-electron chi connectivity index (χ3n) is 3.55. The summed E-state index contributed by atoms with van der Waals surface area (Å²) < 4.78 is 6.15. The van der Waals surface area contributed by atoms with Crippen molar-refractivity contribution in [3.63, 3.8) is 0 Å². The van der Waals surface area contributed by atoms with Crippen LogP contribution in [0.1, 0.15) is 38.8 Å². The van der Waals surface area contributed by atoms with E-state index in [1.807, 2.05) is 0 Å². The quantitative estimate of drug-likeness (QED) is 0.890. The van der Waals surface area contributed by atoms with Crippen molar-refractivity contribution in [2.75, 3.05) is 18.0 Å². The first-order valence-electron chi connectivity index (χ1n) is 6.98. The molecule has 1 saturated heterocycles. The van der Waals surface area contributed by atoms with Crippen molar-refractivity contribution in [2.24, 2.45) is 5.73 Å². The predicted octanol–water partition coefficient (Wildman–Crippen LogP) is 2.85. The Bertz CT molecular complexity index is 450. The van der Waals surface area contributed by atoms with Crippen molar-refractivity contribution < 1.29 is 4.74 Å². The van der Waals surface area contributed by atoms with Gasteiger partial charge < -0.3 is 15.4 Å². The first kappa shape index (κ1) is 14.4. The van der Waals surface area contributed by atoms with E-state index in [2.05, 4.69) is 57.7 Å². The molecule has 0 radical (unpaired) electrons. The van der Waals surface area contributed by atoms with Crippen LogP contribution < -0.4 is 10.6 Å². The van der Waals surface area contributed by atoms with E-state index in [0.29, 0.717) is 6.54 Å². The normalized spacial score (nSPS) is 21.5. The number of morpholine rings is 1. The molecule has 1 aromatic carbocycles. The van der Waals surface area contributed by atoms with Crippen LogP contribution in [0.4, 0.5) is 5.69 Å². The van der Waals surface area contributed by atoms with Crippen molar-refractivity contribution in [1.29, 1.82) is 0 Å². The molecule has 2 N–H and O–H groups in total. The highest BCUT2D eigenvalue weighted by atomic mass is 16.5. The van der Waals surface area contributed by atoms with Crippen LogP contribution in [-0.4, -0.2) is 24.3 Å². The summed E-state index contributed by atoms with van der Waals surface area (Å²) >= 11 is 0. The molecule has 0 bridgehead atoms. The summed E-state index contributed by atoms with van der Waals surface area (Å²) in [4.78, 5) is 2.43. The molecule has 19 heavy (non-hydrogen) atoms. The zero-order chi connectivity index (χ0) is 14.3. The van der Waals surface area contributed by atoms with Crippen molar-refractivity contribution in [3.05, 3.63) is 29.3 Å². The molecule has 106 valence electrons. The SMILES string of the molecule is Cc1cccc(CN)c1N1CC(C)(C)OC(C)(C)C1. The molecule has 0 spiro atoms. The van der Waals surface area contributed by atoms with Crippen molar-refractivity contribution in [3.8, 4) is 0 Å². The number of nitrogens with two attached hydrogens (primary N) is 1. The fourth-order valence-electron chi connectivity index (χ4n) is 3.28. The van der Waals surface area contributed by atoms with E-state index in [1.165, 1.54) is 16.8 Å². The second kappa shape index (κ2) is 4.80. The molecule has 0 amide bonds. The average Bonchev–Trinajstić information content (AvgIpc) is 2.24. The van der Waals surface area contributed by atoms with E-state index in [4.69, 9.17) is 10.5 Å². The minimum atomic E-state index is -0.143. The second-order valence-corrected chi connectivity index (χ2v) is 6.76. The Hall–Kier alpha value is -1.06. The van der Waals surface area contributed by atoms with Gasteiger partial charge in [-0.1, -0.05) is 18.2 Å². The number of hydrogen-bond acceptors (Lipinski definition) is 3. The summed E-state index contributed by atoms with van der Waals surface area (Å²) in [6, 6.07) is 6.36. The molecule has 0 aromatic heterocycles. The predicted molar refractivity (Wildman–Crippen MR) is 80.5 cm³/mol. The van der Waals surface area contributed by atoms with E-state index in [-0.39, 0.29) is 11.2 Å². The summed E-state index contributed by atoms with van der Waals surface area (Å²) in [7, 11) is 0. The van der Waals surface area contributed by atoms with Gasteiger partial charge in [0.05, 0.1) is 11.2 Å². The monoisotopic (exact) mass is 262 g/mol. The van der Waals surface area contributed by atoms with Crippen molar-refractivity contribution in [1.82, 2.24) is 0 Å². The van der Waals surface area contributed by atoms with Gasteiger partial charge in [-0.05, 0) is 45.7 Å². The number of rotatable bonds is 2. The molecule has 1 fully saturated rings. The average molecular weight is 262 g/mol. The number of ether oxygens (including phenoxy) is 1. The maximum atomic E-state index is 6.15. The molecule has 3 heteroatoms. The van der Waals surface area contributed by atoms with Crippen molar-refractivity contribution in [2.45, 2.75) is 52.4 Å². The van der Waals surface area contributed by atoms with Gasteiger partial charge >= 0.3 is 0 Å². The van der Waals surface area contributed by atoms with Gasteiger partial charge in [0.15, 0.2) is 0 Å². The van der Waals surface area contributed by atoms with Gasteiger partial charge in [0.25, 0.3) is 0 Å². The zero-order valence-electron chi connectivity index (χ0n) is 12.8. The van der Waals surface area contributed by atoms with Crippen LogP contribution in [0.3, 0.4) is 0 Å². The highest BCUT2D eigenvalue weighted by Crippen LogP contribution is 2.34. The smallest absolute Gasteiger partial charge is 0.0808 e. The lowest BCUT2D eigenvalue weighted by Crippen LogP contribution is -2.57. The third-order valence-corrected chi connectivity index (χ3v) is 3.55. The largest absolute Gasteiger partial charge is 0.366 e. The van der Waals surface area contributed by atoms with Gasteiger partial charge in [-0.25, -0.2) is 0 Å². The zero-order valence-corrected chi connectivity index (χ0v) is 12.8. The molecule has 1 aliphatic heterocycles. The van der Waals surface area contributed by atoms with Crippen molar-refractivity contribution >= 4 is 5.69 Å². The number of nitrogens with zero attached hydrogens (tertiary/aromatic N) is 1. The van der Waals surface area contributed by atoms with Crippen LogP contribution >= 0.6 is 0 Å². The molecule has 1 aromatic rings. The summed E-state index contributed by atoms with van der Waals surface area (Å²) in [6.07, 6.45) is 0. The van der Waals surface area contributed by atoms with Crippen LogP contribution in [0.2, 0.25) is 0 Å². The maximum Gasteiger partial charge on any atom is 0.0808 e. The van der Waals surface area contributed by atoms with Gasteiger partial charge in [-0.2, -0.15) is 0 Å². The van der Waals surface area contributed by atoms with Crippen LogP contribution in [-0.2, 0) is 11.3 Å². The molecule has 0 aliphatic carbocycles. The number of hydrogen-bond donors (Lipinski definition) is 1. The highest BCUT2D eigenvalue weighted by molar-refractivity contribution is 5.60. The van der Waals surface area contributed by atoms with E-state index >= 15 is 0 Å². The molecular formula is C16H26N2O. The Morgan fingerprint density at radius 3 is 2.26 bits per heavy atom. The summed E-state index contributed by atoms with van der Waals surface area (Å²) in [5.74, 6) is 0. The lowest BCUT2D eigenvalue weighted by molar-refractivity contribution is -0.133. The van der Waals surface area contributed by atoms with Gasteiger partial charge in [0.2, 0.25) is 0 Å². The molecule has 3 nitrogen and oxygen atoms in total. The number of para-hydroxylation sites is 1. The Balaban J connectivity index is 2.41. The number of anilines is 1. The first-order chi connectivity index (χ1) is 8.74. The van der Waals surface area contributed by atoms with E-state index in [0.717, 1.165) is 13.1 Å². The van der Waals surface area contributed by atoms with Crippen LogP contribution in [0.25, 0.3) is 0 Å². The summed E-state index contributed by atoms with van der Waals surface area (Å²) in [5, 5.41) is 0. The van der Waals surface area contributed by atoms with Crippen LogP contribution in [0, 0.1) is 6.92 Å². The number of aryl methyl sites for hydroxylation is 1. The summed E-state index contributed by atoms with van der Waals surface area (Å²) in [5.41, 5.74) is 9.41. The Kier molecular flexibility index (Phi) is 3.63. The maximum absolute atomic E-state index is 6.15. The van der Waals surface area contributed by atoms with Gasteiger partial charge in [-0.3, -0.25) is 0 Å². The van der Waals surface area contributed by atoms with Gasteiger partial charge in [0, 0.05) is 25.3 Å². The van der Waals surface area contributed by atoms with Crippen LogP contribution in [0.5, 0.6) is 0 Å². The van der Waals surface area contributed by atoms with E-state index in [1.54, 1.807) is 0 Å². The summed E-state index contributed by atoms with van der Waals surface area (Å²) in [6.45, 7) is 13.1. The first-order valence-corrected chi connectivity index (χ1v) is 6.98. The third kappa shape index (κ3) is 3.10. The van der Waals surface area contributed by atoms with Crippen LogP contribution in [0.15, 0.2) is 18.2 Å². The molecule has 2 rings (SSSR count). The Morgan fingerprint density at radius 1 is 1.16 bits per heavy atom. The van der Waals surface area contributed by atoms with Gasteiger partial charge in [-0.15, -0.1) is 0 Å². The lowest BCUT2D eigenvalue weighted by Gasteiger charge is -2.48. The fraction of sp³-hybridized carbons (Fsp3) is 0.625. The highest BCUT2D eigenvalue weighted by Gasteiger charge is 2.38.